The van der Waals surface area contributed by atoms with E-state index in [1.54, 1.807) is 7.11 Å². The van der Waals surface area contributed by atoms with Crippen molar-refractivity contribution in [2.24, 2.45) is 21.5 Å². The van der Waals surface area contributed by atoms with Crippen LogP contribution in [0.2, 0.25) is 10.0 Å². The van der Waals surface area contributed by atoms with Crippen LogP contribution in [0, 0.1) is 11.3 Å². The quantitative estimate of drug-likeness (QED) is 0.148. The molecule has 8 rings (SSSR count). The molecular formula is C45H36Cl2N4O2. The van der Waals surface area contributed by atoms with Crippen LogP contribution in [0.5, 0.6) is 5.75 Å². The Hall–Kier alpha value is -5.69. The minimum absolute atomic E-state index is 0.0218. The van der Waals surface area contributed by atoms with E-state index in [1.807, 2.05) is 169 Å². The molecule has 0 saturated carbocycles. The van der Waals surface area contributed by atoms with Crippen LogP contribution in [-0.4, -0.2) is 24.3 Å². The third-order valence-corrected chi connectivity index (χ3v) is 10.8. The fraction of sp³-hybridized carbons (Fsp3) is 0.133. The Kier molecular flexibility index (Phi) is 9.33. The summed E-state index contributed by atoms with van der Waals surface area (Å²) in [5.41, 5.74) is 5.36. The van der Waals surface area contributed by atoms with E-state index < -0.39 is 23.4 Å². The number of hydrazone groups is 2. The van der Waals surface area contributed by atoms with Gasteiger partial charge in [0.05, 0.1) is 53.3 Å². The van der Waals surface area contributed by atoms with Crippen LogP contribution >= 0.6 is 23.2 Å². The predicted octanol–water partition coefficient (Wildman–Crippen LogP) is 10.8. The van der Waals surface area contributed by atoms with Gasteiger partial charge in [0.1, 0.15) is 5.75 Å². The Labute approximate surface area is 319 Å². The molecule has 8 heteroatoms. The number of ether oxygens (including phenoxy) is 1. The Morgan fingerprint density at radius 3 is 1.66 bits per heavy atom. The number of Topliss-reactive ketones (excluding diaryl/α,β-unsaturated/α-hetero) is 1. The van der Waals surface area contributed by atoms with E-state index in [4.69, 9.17) is 38.1 Å². The molecule has 0 radical (unpaired) electrons. The normalized spacial score (nSPS) is 20.9. The van der Waals surface area contributed by atoms with Crippen molar-refractivity contribution in [2.45, 2.75) is 19.0 Å². The Morgan fingerprint density at radius 1 is 0.604 bits per heavy atom. The van der Waals surface area contributed by atoms with Crippen molar-refractivity contribution in [2.75, 3.05) is 17.1 Å². The first-order chi connectivity index (χ1) is 25.9. The van der Waals surface area contributed by atoms with Crippen molar-refractivity contribution in [1.82, 2.24) is 0 Å². The Morgan fingerprint density at radius 2 is 1.11 bits per heavy atom. The second kappa shape index (κ2) is 14.4. The summed E-state index contributed by atoms with van der Waals surface area (Å²) in [6, 6.07) is 52.3. The molecule has 0 aliphatic carbocycles. The topological polar surface area (TPSA) is 57.5 Å². The SMILES string of the molecule is COc1ccc(C2C(C(=O)C3(C)C(c4ccc(Cl)cc4)=NN(c4ccccc4)C3c3ccccc3)C(c3ccc(Cl)cc3)=NN2c2ccccc2)cc1. The second-order valence-corrected chi connectivity index (χ2v) is 14.3. The molecule has 2 aliphatic rings. The zero-order valence-electron chi connectivity index (χ0n) is 29.2. The van der Waals surface area contributed by atoms with Gasteiger partial charge in [-0.25, -0.2) is 0 Å². The van der Waals surface area contributed by atoms with Gasteiger partial charge in [-0.2, -0.15) is 10.2 Å². The molecule has 6 aromatic rings. The molecule has 2 aliphatic heterocycles. The maximum absolute atomic E-state index is 16.4. The Bertz CT molecular complexity index is 2280. The summed E-state index contributed by atoms with van der Waals surface area (Å²) in [5.74, 6) is -0.0390. The highest BCUT2D eigenvalue weighted by Crippen LogP contribution is 2.54. The van der Waals surface area contributed by atoms with Crippen LogP contribution in [0.1, 0.15) is 41.3 Å². The van der Waals surface area contributed by atoms with Crippen molar-refractivity contribution in [3.8, 4) is 5.75 Å². The molecule has 0 aromatic heterocycles. The van der Waals surface area contributed by atoms with E-state index in [1.165, 1.54) is 0 Å². The minimum Gasteiger partial charge on any atom is -0.497 e. The number of hydrogen-bond donors (Lipinski definition) is 0. The molecule has 0 fully saturated rings. The summed E-state index contributed by atoms with van der Waals surface area (Å²) < 4.78 is 5.55. The molecule has 0 amide bonds. The zero-order chi connectivity index (χ0) is 36.5. The lowest BCUT2D eigenvalue weighted by atomic mass is 9.64. The van der Waals surface area contributed by atoms with Gasteiger partial charge in [0.25, 0.3) is 0 Å². The molecule has 0 spiro atoms. The van der Waals surface area contributed by atoms with Crippen LogP contribution < -0.4 is 14.8 Å². The van der Waals surface area contributed by atoms with E-state index in [-0.39, 0.29) is 5.78 Å². The van der Waals surface area contributed by atoms with Gasteiger partial charge in [0, 0.05) is 10.0 Å². The highest BCUT2D eigenvalue weighted by molar-refractivity contribution is 6.31. The number of methoxy groups -OCH3 is 1. The first-order valence-electron chi connectivity index (χ1n) is 17.5. The summed E-state index contributed by atoms with van der Waals surface area (Å²) in [6.45, 7) is 2.04. The lowest BCUT2D eigenvalue weighted by molar-refractivity contribution is -0.127. The molecule has 0 N–H and O–H groups in total. The summed E-state index contributed by atoms with van der Waals surface area (Å²) in [5, 5.41) is 15.9. The molecular weight excluding hydrogens is 699 g/mol. The summed E-state index contributed by atoms with van der Waals surface area (Å²) in [6.07, 6.45) is 0. The molecule has 0 saturated heterocycles. The second-order valence-electron chi connectivity index (χ2n) is 13.4. The van der Waals surface area contributed by atoms with Crippen molar-refractivity contribution in [1.29, 1.82) is 0 Å². The number of para-hydroxylation sites is 2. The monoisotopic (exact) mass is 734 g/mol. The number of anilines is 2. The maximum atomic E-state index is 16.4. The van der Waals surface area contributed by atoms with Crippen LogP contribution in [0.3, 0.4) is 0 Å². The number of nitrogens with zero attached hydrogens (tertiary/aromatic N) is 4. The first-order valence-corrected chi connectivity index (χ1v) is 18.2. The molecule has 4 unspecified atom stereocenters. The minimum atomic E-state index is -1.19. The number of carbonyl (C=O) groups is 1. The van der Waals surface area contributed by atoms with Gasteiger partial charge in [0.2, 0.25) is 0 Å². The number of rotatable bonds is 9. The summed E-state index contributed by atoms with van der Waals surface area (Å²) >= 11 is 12.8. The summed E-state index contributed by atoms with van der Waals surface area (Å²) in [4.78, 5) is 16.4. The average molecular weight is 736 g/mol. The Balaban J connectivity index is 1.38. The van der Waals surface area contributed by atoms with E-state index in [0.29, 0.717) is 21.5 Å². The van der Waals surface area contributed by atoms with Crippen LogP contribution in [0.15, 0.2) is 174 Å². The highest BCUT2D eigenvalue weighted by atomic mass is 35.5. The third kappa shape index (κ3) is 6.28. The fourth-order valence-electron chi connectivity index (χ4n) is 7.67. The van der Waals surface area contributed by atoms with Crippen molar-refractivity contribution in [3.05, 3.63) is 196 Å². The highest BCUT2D eigenvalue weighted by Gasteiger charge is 2.59. The van der Waals surface area contributed by atoms with Crippen LogP contribution in [0.25, 0.3) is 0 Å². The van der Waals surface area contributed by atoms with E-state index >= 15 is 4.79 Å². The number of halogens is 2. The van der Waals surface area contributed by atoms with Gasteiger partial charge in [-0.15, -0.1) is 0 Å². The van der Waals surface area contributed by atoms with Crippen molar-refractivity contribution >= 4 is 51.8 Å². The molecule has 262 valence electrons. The lowest BCUT2D eigenvalue weighted by Crippen LogP contribution is -2.48. The van der Waals surface area contributed by atoms with Gasteiger partial charge < -0.3 is 4.74 Å². The molecule has 0 bridgehead atoms. The van der Waals surface area contributed by atoms with Crippen LogP contribution in [-0.2, 0) is 4.79 Å². The smallest absolute Gasteiger partial charge is 0.158 e. The van der Waals surface area contributed by atoms with Crippen molar-refractivity contribution < 1.29 is 9.53 Å². The van der Waals surface area contributed by atoms with Gasteiger partial charge in [0.15, 0.2) is 5.78 Å². The first kappa shape index (κ1) is 34.4. The van der Waals surface area contributed by atoms with Gasteiger partial charge in [-0.05, 0) is 89.8 Å². The number of hydrogen-bond acceptors (Lipinski definition) is 6. The molecule has 4 atom stereocenters. The van der Waals surface area contributed by atoms with E-state index in [0.717, 1.165) is 39.4 Å². The zero-order valence-corrected chi connectivity index (χ0v) is 30.7. The predicted molar refractivity (Wildman–Crippen MR) is 215 cm³/mol. The van der Waals surface area contributed by atoms with E-state index in [2.05, 4.69) is 12.1 Å². The van der Waals surface area contributed by atoms with Gasteiger partial charge in [-0.3, -0.25) is 14.8 Å². The molecule has 6 nitrogen and oxygen atoms in total. The number of benzene rings is 6. The molecule has 2 heterocycles. The largest absolute Gasteiger partial charge is 0.497 e. The fourth-order valence-corrected chi connectivity index (χ4v) is 7.92. The molecule has 6 aromatic carbocycles. The van der Waals surface area contributed by atoms with E-state index in [9.17, 15) is 0 Å². The lowest BCUT2D eigenvalue weighted by Gasteiger charge is -2.39. The standard InChI is InChI=1S/C45H36Cl2N4O2/c1-45(42(32-20-26-35(47)27-21-32)49-51(37-16-10-5-11-17-37)43(45)33-12-6-3-7-13-33)44(52)39-40(30-18-24-34(46)25-19-30)48-50(36-14-8-4-9-15-36)41(39)31-22-28-38(53-2)29-23-31/h3-29,39,41,43H,1-2H3. The number of ketones is 1. The molecule has 53 heavy (non-hydrogen) atoms. The van der Waals surface area contributed by atoms with Gasteiger partial charge in [-0.1, -0.05) is 126 Å². The maximum Gasteiger partial charge on any atom is 0.158 e. The summed E-state index contributed by atoms with van der Waals surface area (Å²) in [7, 11) is 1.65. The average Bonchev–Trinajstić information content (AvgIpc) is 3.76. The van der Waals surface area contributed by atoms with Crippen LogP contribution in [0.4, 0.5) is 11.4 Å². The third-order valence-electron chi connectivity index (χ3n) is 10.2. The number of carbonyl (C=O) groups excluding carboxylic acids is 1. The van der Waals surface area contributed by atoms with Gasteiger partial charge >= 0.3 is 0 Å². The van der Waals surface area contributed by atoms with Crippen molar-refractivity contribution in [3.63, 3.8) is 0 Å².